The summed E-state index contributed by atoms with van der Waals surface area (Å²) in [6.45, 7) is 3.08. The number of nitrogens with zero attached hydrogens (tertiary/aromatic N) is 1. The topological polar surface area (TPSA) is 15.3 Å². The lowest BCUT2D eigenvalue weighted by Gasteiger charge is -2.39. The lowest BCUT2D eigenvalue weighted by atomic mass is 9.98. The van der Waals surface area contributed by atoms with Crippen LogP contribution in [0.5, 0.6) is 0 Å². The van der Waals surface area contributed by atoms with Crippen molar-refractivity contribution in [2.24, 2.45) is 0 Å². The van der Waals surface area contributed by atoms with E-state index in [2.05, 4.69) is 17.1 Å². The lowest BCUT2D eigenvalue weighted by molar-refractivity contribution is 0.387. The molecule has 0 saturated carbocycles. The first-order chi connectivity index (χ1) is 8.52. The molecular weight excluding hydrogens is 274 g/mol. The summed E-state index contributed by atoms with van der Waals surface area (Å²) in [7, 11) is 1.98. The van der Waals surface area contributed by atoms with Crippen molar-refractivity contribution in [3.05, 3.63) is 28.0 Å². The minimum absolute atomic E-state index is 0.0837. The van der Waals surface area contributed by atoms with Gasteiger partial charge in [-0.3, -0.25) is 0 Å². The Morgan fingerprint density at radius 3 is 2.44 bits per heavy atom. The molecule has 1 fully saturated rings. The average molecular weight is 291 g/mol. The molecule has 2 atom stereocenters. The van der Waals surface area contributed by atoms with Gasteiger partial charge in [-0.2, -0.15) is 0 Å². The largest absolute Gasteiger partial charge is 0.369 e. The smallest absolute Gasteiger partial charge is 0.160 e. The van der Waals surface area contributed by atoms with E-state index in [-0.39, 0.29) is 10.0 Å². The average Bonchev–Trinajstić information content (AvgIpc) is 2.35. The third-order valence-corrected chi connectivity index (χ3v) is 4.13. The van der Waals surface area contributed by atoms with Crippen LogP contribution in [0.2, 0.25) is 10.0 Å². The van der Waals surface area contributed by atoms with E-state index in [0.717, 1.165) is 25.1 Å². The van der Waals surface area contributed by atoms with Crippen molar-refractivity contribution >= 4 is 28.9 Å². The van der Waals surface area contributed by atoms with Crippen LogP contribution in [0.15, 0.2) is 12.1 Å². The molecule has 0 spiro atoms. The summed E-state index contributed by atoms with van der Waals surface area (Å²) >= 11 is 11.7. The van der Waals surface area contributed by atoms with Gasteiger partial charge in [0.15, 0.2) is 5.82 Å². The second kappa shape index (κ2) is 5.64. The van der Waals surface area contributed by atoms with Crippen molar-refractivity contribution in [1.29, 1.82) is 0 Å². The van der Waals surface area contributed by atoms with Gasteiger partial charge in [0.1, 0.15) is 0 Å². The second-order valence-electron chi connectivity index (χ2n) is 4.78. The maximum Gasteiger partial charge on any atom is 0.160 e. The van der Waals surface area contributed by atoms with Gasteiger partial charge in [-0.1, -0.05) is 23.2 Å². The van der Waals surface area contributed by atoms with Gasteiger partial charge in [-0.25, -0.2) is 4.39 Å². The van der Waals surface area contributed by atoms with E-state index in [9.17, 15) is 4.39 Å². The summed E-state index contributed by atoms with van der Waals surface area (Å²) < 4.78 is 13.4. The molecule has 0 aliphatic carbocycles. The van der Waals surface area contributed by atoms with Crippen molar-refractivity contribution in [3.8, 4) is 0 Å². The maximum atomic E-state index is 13.4. The first kappa shape index (κ1) is 13.9. The first-order valence-corrected chi connectivity index (χ1v) is 6.87. The van der Waals surface area contributed by atoms with E-state index in [0.29, 0.717) is 12.1 Å². The number of nitrogens with one attached hydrogen (secondary N) is 1. The number of benzene rings is 1. The lowest BCUT2D eigenvalue weighted by Crippen LogP contribution is -2.46. The van der Waals surface area contributed by atoms with E-state index >= 15 is 0 Å². The third kappa shape index (κ3) is 2.73. The Morgan fingerprint density at radius 2 is 1.94 bits per heavy atom. The van der Waals surface area contributed by atoms with E-state index in [4.69, 9.17) is 23.2 Å². The first-order valence-electron chi connectivity index (χ1n) is 6.11. The highest BCUT2D eigenvalue weighted by atomic mass is 35.5. The summed E-state index contributed by atoms with van der Waals surface area (Å²) in [5.74, 6) is -0.542. The summed E-state index contributed by atoms with van der Waals surface area (Å²) in [5, 5.41) is 3.47. The molecule has 2 rings (SSSR count). The van der Waals surface area contributed by atoms with Crippen molar-refractivity contribution < 1.29 is 4.39 Å². The van der Waals surface area contributed by atoms with Crippen molar-refractivity contribution in [1.82, 2.24) is 5.32 Å². The minimum atomic E-state index is -0.542. The van der Waals surface area contributed by atoms with Crippen LogP contribution in [0, 0.1) is 5.82 Å². The molecule has 0 radical (unpaired) electrons. The van der Waals surface area contributed by atoms with Crippen LogP contribution >= 0.6 is 23.2 Å². The SMILES string of the molecule is CNC1CCN(c2cc(Cl)c(F)c(Cl)c2)C(C)C1. The molecule has 18 heavy (non-hydrogen) atoms. The standard InChI is InChI=1S/C13H17Cl2FN2/c1-8-5-9(17-2)3-4-18(8)10-6-11(14)13(16)12(15)7-10/h6-9,17H,3-5H2,1-2H3. The molecule has 1 heterocycles. The highest BCUT2D eigenvalue weighted by Crippen LogP contribution is 2.32. The van der Waals surface area contributed by atoms with Crippen LogP contribution < -0.4 is 10.2 Å². The molecule has 5 heteroatoms. The molecule has 1 aromatic carbocycles. The highest BCUT2D eigenvalue weighted by Gasteiger charge is 2.25. The molecule has 2 unspecified atom stereocenters. The van der Waals surface area contributed by atoms with Gasteiger partial charge in [0.2, 0.25) is 0 Å². The Bertz CT molecular complexity index is 416. The number of anilines is 1. The van der Waals surface area contributed by atoms with Gasteiger partial charge in [0.05, 0.1) is 10.0 Å². The normalized spacial score (nSPS) is 24.4. The summed E-state index contributed by atoms with van der Waals surface area (Å²) in [6, 6.07) is 4.23. The van der Waals surface area contributed by atoms with Gasteiger partial charge in [-0.15, -0.1) is 0 Å². The van der Waals surface area contributed by atoms with Gasteiger partial charge in [-0.05, 0) is 38.9 Å². The van der Waals surface area contributed by atoms with Crippen LogP contribution in [-0.2, 0) is 0 Å². The Morgan fingerprint density at radius 1 is 1.33 bits per heavy atom. The fourth-order valence-corrected chi connectivity index (χ4v) is 3.00. The van der Waals surface area contributed by atoms with Crippen LogP contribution in [0.1, 0.15) is 19.8 Å². The fraction of sp³-hybridized carbons (Fsp3) is 0.538. The molecule has 0 aromatic heterocycles. The molecule has 1 aliphatic rings. The molecule has 1 saturated heterocycles. The van der Waals surface area contributed by atoms with Gasteiger partial charge < -0.3 is 10.2 Å². The molecule has 2 nitrogen and oxygen atoms in total. The summed E-state index contributed by atoms with van der Waals surface area (Å²) in [4.78, 5) is 2.23. The molecular formula is C13H17Cl2FN2. The number of piperidine rings is 1. The number of rotatable bonds is 2. The molecule has 1 aromatic rings. The molecule has 0 bridgehead atoms. The second-order valence-corrected chi connectivity index (χ2v) is 5.59. The highest BCUT2D eigenvalue weighted by molar-refractivity contribution is 6.35. The van der Waals surface area contributed by atoms with Crippen LogP contribution in [0.25, 0.3) is 0 Å². The van der Waals surface area contributed by atoms with Crippen LogP contribution in [0.4, 0.5) is 10.1 Å². The zero-order chi connectivity index (χ0) is 13.3. The molecule has 1 N–H and O–H groups in total. The third-order valence-electron chi connectivity index (χ3n) is 3.58. The van der Waals surface area contributed by atoms with Gasteiger partial charge in [0.25, 0.3) is 0 Å². The molecule has 0 amide bonds. The minimum Gasteiger partial charge on any atom is -0.369 e. The van der Waals surface area contributed by atoms with E-state index in [1.807, 2.05) is 7.05 Å². The summed E-state index contributed by atoms with van der Waals surface area (Å²) in [6.07, 6.45) is 2.12. The molecule has 100 valence electrons. The maximum absolute atomic E-state index is 13.4. The predicted octanol–water partition coefficient (Wildman–Crippen LogP) is 3.71. The molecule has 1 aliphatic heterocycles. The van der Waals surface area contributed by atoms with E-state index in [1.165, 1.54) is 0 Å². The van der Waals surface area contributed by atoms with Crippen LogP contribution in [0.3, 0.4) is 0 Å². The van der Waals surface area contributed by atoms with E-state index in [1.54, 1.807) is 12.1 Å². The summed E-state index contributed by atoms with van der Waals surface area (Å²) in [5.41, 5.74) is 0.897. The monoisotopic (exact) mass is 290 g/mol. The number of halogens is 3. The van der Waals surface area contributed by atoms with Crippen LogP contribution in [-0.4, -0.2) is 25.7 Å². The van der Waals surface area contributed by atoms with E-state index < -0.39 is 5.82 Å². The Kier molecular flexibility index (Phi) is 4.36. The fourth-order valence-electron chi connectivity index (χ4n) is 2.53. The zero-order valence-corrected chi connectivity index (χ0v) is 12.0. The van der Waals surface area contributed by atoms with Gasteiger partial charge in [0, 0.05) is 24.3 Å². The quantitative estimate of drug-likeness (QED) is 0.836. The van der Waals surface area contributed by atoms with Crippen molar-refractivity contribution in [2.45, 2.75) is 31.8 Å². The predicted molar refractivity (Wildman–Crippen MR) is 75.3 cm³/mol. The Hall–Kier alpha value is -0.510. The zero-order valence-electron chi connectivity index (χ0n) is 10.5. The number of hydrogen-bond donors (Lipinski definition) is 1. The Balaban J connectivity index is 2.22. The number of hydrogen-bond acceptors (Lipinski definition) is 2. The van der Waals surface area contributed by atoms with Crippen molar-refractivity contribution in [2.75, 3.05) is 18.5 Å². The Labute approximate surface area is 117 Å². The van der Waals surface area contributed by atoms with Gasteiger partial charge >= 0.3 is 0 Å². The van der Waals surface area contributed by atoms with Crippen molar-refractivity contribution in [3.63, 3.8) is 0 Å².